The third-order valence-corrected chi connectivity index (χ3v) is 2.60. The molecule has 0 unspecified atom stereocenters. The van der Waals surface area contributed by atoms with Crippen molar-refractivity contribution in [2.75, 3.05) is 17.7 Å². The van der Waals surface area contributed by atoms with Crippen LogP contribution in [0.15, 0.2) is 17.0 Å². The van der Waals surface area contributed by atoms with Gasteiger partial charge in [-0.1, -0.05) is 0 Å². The van der Waals surface area contributed by atoms with Crippen molar-refractivity contribution in [2.24, 2.45) is 0 Å². The molecule has 1 rings (SSSR count). The normalized spacial score (nSPS) is 10.0. The second-order valence-corrected chi connectivity index (χ2v) is 3.24. The van der Waals surface area contributed by atoms with Crippen LogP contribution in [-0.2, 0) is 0 Å². The maximum absolute atomic E-state index is 5.72. The third kappa shape index (κ3) is 1.43. The van der Waals surface area contributed by atoms with Gasteiger partial charge in [0.05, 0.1) is 11.4 Å². The maximum Gasteiger partial charge on any atom is 0.0588 e. The molecule has 4 N–H and O–H groups in total. The van der Waals surface area contributed by atoms with Gasteiger partial charge in [0.25, 0.3) is 0 Å². The molecule has 0 spiro atoms. The molecule has 0 aliphatic heterocycles. The third-order valence-electron chi connectivity index (χ3n) is 1.72. The molecule has 0 amide bonds. The first-order chi connectivity index (χ1) is 5.16. The molecule has 0 aliphatic rings. The van der Waals surface area contributed by atoms with E-state index in [2.05, 4.69) is 0 Å². The molecule has 0 atom stereocenters. The topological polar surface area (TPSA) is 52.0 Å². The van der Waals surface area contributed by atoms with Gasteiger partial charge < -0.3 is 11.5 Å². The van der Waals surface area contributed by atoms with Gasteiger partial charge in [0, 0.05) is 4.90 Å². The van der Waals surface area contributed by atoms with Gasteiger partial charge in [0.2, 0.25) is 0 Å². The van der Waals surface area contributed by atoms with Gasteiger partial charge in [-0.3, -0.25) is 0 Å². The standard InChI is InChI=1S/C8H12N2S/c1-5-7(11-2)4-3-6(9)8(5)10/h3-4H,9-10H2,1-2H3. The Morgan fingerprint density at radius 1 is 1.27 bits per heavy atom. The number of anilines is 2. The van der Waals surface area contributed by atoms with Gasteiger partial charge in [-0.15, -0.1) is 11.8 Å². The number of nitrogen functional groups attached to an aromatic ring is 2. The van der Waals surface area contributed by atoms with Crippen molar-refractivity contribution in [2.45, 2.75) is 11.8 Å². The van der Waals surface area contributed by atoms with E-state index in [-0.39, 0.29) is 0 Å². The Labute approximate surface area is 71.0 Å². The van der Waals surface area contributed by atoms with E-state index in [0.29, 0.717) is 11.4 Å². The summed E-state index contributed by atoms with van der Waals surface area (Å²) in [5, 5.41) is 0. The number of hydrogen-bond donors (Lipinski definition) is 2. The summed E-state index contributed by atoms with van der Waals surface area (Å²) >= 11 is 1.68. The van der Waals surface area contributed by atoms with Crippen molar-refractivity contribution in [1.82, 2.24) is 0 Å². The number of rotatable bonds is 1. The monoisotopic (exact) mass is 168 g/mol. The van der Waals surface area contributed by atoms with E-state index in [1.54, 1.807) is 11.8 Å². The first kappa shape index (κ1) is 8.27. The first-order valence-electron chi connectivity index (χ1n) is 3.35. The van der Waals surface area contributed by atoms with E-state index >= 15 is 0 Å². The predicted octanol–water partition coefficient (Wildman–Crippen LogP) is 1.88. The lowest BCUT2D eigenvalue weighted by Gasteiger charge is -2.07. The van der Waals surface area contributed by atoms with Crippen LogP contribution < -0.4 is 11.5 Å². The Bertz CT molecular complexity index is 271. The summed E-state index contributed by atoms with van der Waals surface area (Å²) in [5.41, 5.74) is 13.8. The Hall–Kier alpha value is -0.830. The fourth-order valence-electron chi connectivity index (χ4n) is 0.951. The summed E-state index contributed by atoms with van der Waals surface area (Å²) in [6.07, 6.45) is 2.03. The molecule has 3 heteroatoms. The van der Waals surface area contributed by atoms with Crippen molar-refractivity contribution < 1.29 is 0 Å². The molecule has 0 fully saturated rings. The summed E-state index contributed by atoms with van der Waals surface area (Å²) < 4.78 is 0. The number of nitrogens with two attached hydrogens (primary N) is 2. The van der Waals surface area contributed by atoms with Crippen LogP contribution in [0.25, 0.3) is 0 Å². The molecule has 0 aliphatic carbocycles. The lowest BCUT2D eigenvalue weighted by atomic mass is 10.2. The van der Waals surface area contributed by atoms with Crippen molar-refractivity contribution in [3.63, 3.8) is 0 Å². The summed E-state index contributed by atoms with van der Waals surface area (Å²) in [4.78, 5) is 1.19. The highest BCUT2D eigenvalue weighted by Crippen LogP contribution is 2.28. The zero-order valence-electron chi connectivity index (χ0n) is 6.72. The molecule has 0 saturated carbocycles. The molecular weight excluding hydrogens is 156 g/mol. The average Bonchev–Trinajstić information content (AvgIpc) is 2.01. The average molecular weight is 168 g/mol. The van der Waals surface area contributed by atoms with Gasteiger partial charge in [0.15, 0.2) is 0 Å². The van der Waals surface area contributed by atoms with Crippen LogP contribution in [0.3, 0.4) is 0 Å². The van der Waals surface area contributed by atoms with Crippen LogP contribution >= 0.6 is 11.8 Å². The maximum atomic E-state index is 5.72. The van der Waals surface area contributed by atoms with Crippen molar-refractivity contribution >= 4 is 23.1 Å². The molecule has 0 saturated heterocycles. The smallest absolute Gasteiger partial charge is 0.0588 e. The molecular formula is C8H12N2S. The van der Waals surface area contributed by atoms with Crippen LogP contribution in [0, 0.1) is 6.92 Å². The molecule has 1 aromatic rings. The Kier molecular flexibility index (Phi) is 2.29. The predicted molar refractivity (Wildman–Crippen MR) is 51.8 cm³/mol. The second kappa shape index (κ2) is 3.05. The van der Waals surface area contributed by atoms with E-state index in [1.807, 2.05) is 25.3 Å². The summed E-state index contributed by atoms with van der Waals surface area (Å²) in [5.74, 6) is 0. The summed E-state index contributed by atoms with van der Waals surface area (Å²) in [6, 6.07) is 3.83. The SMILES string of the molecule is CSc1ccc(N)c(N)c1C. The number of thioether (sulfide) groups is 1. The molecule has 0 radical (unpaired) electrons. The van der Waals surface area contributed by atoms with E-state index in [1.165, 1.54) is 4.90 Å². The molecule has 0 aromatic heterocycles. The molecule has 1 aromatic carbocycles. The first-order valence-corrected chi connectivity index (χ1v) is 4.58. The van der Waals surface area contributed by atoms with E-state index in [9.17, 15) is 0 Å². The van der Waals surface area contributed by atoms with Crippen molar-refractivity contribution in [1.29, 1.82) is 0 Å². The van der Waals surface area contributed by atoms with Gasteiger partial charge in [-0.25, -0.2) is 0 Å². The Morgan fingerprint density at radius 3 is 2.45 bits per heavy atom. The molecule has 11 heavy (non-hydrogen) atoms. The minimum absolute atomic E-state index is 0.667. The van der Waals surface area contributed by atoms with Crippen LogP contribution in [0.2, 0.25) is 0 Å². The molecule has 0 bridgehead atoms. The minimum Gasteiger partial charge on any atom is -0.397 e. The lowest BCUT2D eigenvalue weighted by Crippen LogP contribution is -1.97. The van der Waals surface area contributed by atoms with Crippen molar-refractivity contribution in [3.05, 3.63) is 17.7 Å². The molecule has 60 valence electrons. The van der Waals surface area contributed by atoms with E-state index < -0.39 is 0 Å². The van der Waals surface area contributed by atoms with Crippen LogP contribution in [-0.4, -0.2) is 6.26 Å². The second-order valence-electron chi connectivity index (χ2n) is 2.40. The van der Waals surface area contributed by atoms with Crippen LogP contribution in [0.1, 0.15) is 5.56 Å². The molecule has 2 nitrogen and oxygen atoms in total. The highest BCUT2D eigenvalue weighted by molar-refractivity contribution is 7.98. The minimum atomic E-state index is 0.667. The lowest BCUT2D eigenvalue weighted by molar-refractivity contribution is 1.31. The number of hydrogen-bond acceptors (Lipinski definition) is 3. The quantitative estimate of drug-likeness (QED) is 0.497. The summed E-state index contributed by atoms with van der Waals surface area (Å²) in [7, 11) is 0. The van der Waals surface area contributed by atoms with Gasteiger partial charge in [-0.05, 0) is 30.9 Å². The van der Waals surface area contributed by atoms with E-state index in [0.717, 1.165) is 5.56 Å². The van der Waals surface area contributed by atoms with Crippen molar-refractivity contribution in [3.8, 4) is 0 Å². The van der Waals surface area contributed by atoms with Gasteiger partial charge in [-0.2, -0.15) is 0 Å². The zero-order chi connectivity index (χ0) is 8.43. The highest BCUT2D eigenvalue weighted by Gasteiger charge is 2.02. The van der Waals surface area contributed by atoms with E-state index in [4.69, 9.17) is 11.5 Å². The van der Waals surface area contributed by atoms with Gasteiger partial charge >= 0.3 is 0 Å². The van der Waals surface area contributed by atoms with Crippen LogP contribution in [0.4, 0.5) is 11.4 Å². The highest BCUT2D eigenvalue weighted by atomic mass is 32.2. The molecule has 0 heterocycles. The number of benzene rings is 1. The zero-order valence-corrected chi connectivity index (χ0v) is 7.53. The fraction of sp³-hybridized carbons (Fsp3) is 0.250. The van der Waals surface area contributed by atoms with Crippen LogP contribution in [0.5, 0.6) is 0 Å². The van der Waals surface area contributed by atoms with Gasteiger partial charge in [0.1, 0.15) is 0 Å². The summed E-state index contributed by atoms with van der Waals surface area (Å²) in [6.45, 7) is 1.98. The largest absolute Gasteiger partial charge is 0.397 e. The Morgan fingerprint density at radius 2 is 1.91 bits per heavy atom. The fourth-order valence-corrected chi connectivity index (χ4v) is 1.57. The Balaban J connectivity index is 3.25.